The Hall–Kier alpha value is -0.860. The standard InChI is InChI=1S/C19H30N2/c1-4-18-12-20-17(10-15-8-6-5-7-9-15)14-21(18)13-16-11-19(16,2)3/h5-9,16-18,20H,4,10-14H2,1-3H3. The lowest BCUT2D eigenvalue weighted by Crippen LogP contribution is -2.57. The van der Waals surface area contributed by atoms with Gasteiger partial charge < -0.3 is 5.32 Å². The maximum absolute atomic E-state index is 3.77. The summed E-state index contributed by atoms with van der Waals surface area (Å²) in [5.41, 5.74) is 2.05. The largest absolute Gasteiger partial charge is 0.311 e. The van der Waals surface area contributed by atoms with Crippen LogP contribution in [-0.2, 0) is 6.42 Å². The molecule has 0 radical (unpaired) electrons. The number of piperazine rings is 1. The third-order valence-corrected chi connectivity index (χ3v) is 5.58. The molecule has 1 saturated heterocycles. The first-order valence-electron chi connectivity index (χ1n) is 8.60. The zero-order valence-corrected chi connectivity index (χ0v) is 13.8. The fourth-order valence-electron chi connectivity index (χ4n) is 3.76. The highest BCUT2D eigenvalue weighted by Crippen LogP contribution is 2.52. The molecular weight excluding hydrogens is 256 g/mol. The van der Waals surface area contributed by atoms with Gasteiger partial charge in [0.1, 0.15) is 0 Å². The van der Waals surface area contributed by atoms with Gasteiger partial charge in [-0.3, -0.25) is 4.90 Å². The molecule has 1 aliphatic heterocycles. The van der Waals surface area contributed by atoms with Gasteiger partial charge in [-0.15, -0.1) is 0 Å². The molecule has 3 rings (SSSR count). The molecule has 2 heteroatoms. The molecule has 0 bridgehead atoms. The molecule has 2 fully saturated rings. The molecule has 116 valence electrons. The Bertz CT molecular complexity index is 454. The van der Waals surface area contributed by atoms with Gasteiger partial charge >= 0.3 is 0 Å². The van der Waals surface area contributed by atoms with Gasteiger partial charge in [-0.05, 0) is 36.2 Å². The van der Waals surface area contributed by atoms with Crippen LogP contribution in [0.2, 0.25) is 0 Å². The molecule has 21 heavy (non-hydrogen) atoms. The average Bonchev–Trinajstić information content (AvgIpc) is 3.07. The first kappa shape index (κ1) is 15.1. The van der Waals surface area contributed by atoms with Crippen LogP contribution in [0.5, 0.6) is 0 Å². The van der Waals surface area contributed by atoms with Crippen molar-refractivity contribution in [3.8, 4) is 0 Å². The van der Waals surface area contributed by atoms with Crippen LogP contribution in [0.1, 0.15) is 39.2 Å². The summed E-state index contributed by atoms with van der Waals surface area (Å²) in [6.45, 7) is 10.8. The summed E-state index contributed by atoms with van der Waals surface area (Å²) in [6, 6.07) is 12.2. The van der Waals surface area contributed by atoms with Gasteiger partial charge in [0.05, 0.1) is 0 Å². The topological polar surface area (TPSA) is 15.3 Å². The highest BCUT2D eigenvalue weighted by Gasteiger charge is 2.47. The van der Waals surface area contributed by atoms with E-state index in [-0.39, 0.29) is 0 Å². The summed E-state index contributed by atoms with van der Waals surface area (Å²) in [6.07, 6.45) is 3.83. The molecule has 1 heterocycles. The normalized spacial score (nSPS) is 32.0. The van der Waals surface area contributed by atoms with Gasteiger partial charge in [0.2, 0.25) is 0 Å². The molecule has 1 N–H and O–H groups in total. The third kappa shape index (κ3) is 3.67. The second-order valence-electron chi connectivity index (χ2n) is 7.70. The molecule has 1 aromatic rings. The molecule has 1 aliphatic carbocycles. The second-order valence-corrected chi connectivity index (χ2v) is 7.70. The lowest BCUT2D eigenvalue weighted by Gasteiger charge is -2.40. The molecule has 2 nitrogen and oxygen atoms in total. The number of nitrogens with one attached hydrogen (secondary N) is 1. The van der Waals surface area contributed by atoms with Gasteiger partial charge in [-0.2, -0.15) is 0 Å². The Labute approximate surface area is 129 Å². The van der Waals surface area contributed by atoms with Crippen LogP contribution in [0.15, 0.2) is 30.3 Å². The summed E-state index contributed by atoms with van der Waals surface area (Å²) in [5.74, 6) is 0.919. The van der Waals surface area contributed by atoms with Crippen LogP contribution in [0, 0.1) is 11.3 Å². The van der Waals surface area contributed by atoms with E-state index in [1.54, 1.807) is 0 Å². The quantitative estimate of drug-likeness (QED) is 0.893. The van der Waals surface area contributed by atoms with Crippen LogP contribution in [0.4, 0.5) is 0 Å². The van der Waals surface area contributed by atoms with Crippen molar-refractivity contribution >= 4 is 0 Å². The second kappa shape index (κ2) is 6.10. The van der Waals surface area contributed by atoms with E-state index in [2.05, 4.69) is 61.3 Å². The number of nitrogens with zero attached hydrogens (tertiary/aromatic N) is 1. The van der Waals surface area contributed by atoms with Crippen molar-refractivity contribution in [1.29, 1.82) is 0 Å². The number of benzene rings is 1. The Kier molecular flexibility index (Phi) is 4.37. The smallest absolute Gasteiger partial charge is 0.0236 e. The summed E-state index contributed by atoms with van der Waals surface area (Å²) in [4.78, 5) is 2.77. The predicted molar refractivity (Wildman–Crippen MR) is 89.5 cm³/mol. The molecule has 0 aromatic heterocycles. The highest BCUT2D eigenvalue weighted by atomic mass is 15.2. The van der Waals surface area contributed by atoms with Crippen LogP contribution in [-0.4, -0.2) is 36.6 Å². The molecule has 1 aromatic carbocycles. The minimum atomic E-state index is 0.595. The Morgan fingerprint density at radius 3 is 2.57 bits per heavy atom. The molecule has 0 spiro atoms. The zero-order chi connectivity index (χ0) is 14.9. The summed E-state index contributed by atoms with van der Waals surface area (Å²) < 4.78 is 0. The van der Waals surface area contributed by atoms with E-state index in [0.29, 0.717) is 11.5 Å². The van der Waals surface area contributed by atoms with Gasteiger partial charge in [-0.1, -0.05) is 51.1 Å². The van der Waals surface area contributed by atoms with Crippen LogP contribution in [0.25, 0.3) is 0 Å². The van der Waals surface area contributed by atoms with Crippen molar-refractivity contribution in [3.63, 3.8) is 0 Å². The van der Waals surface area contributed by atoms with E-state index in [9.17, 15) is 0 Å². The lowest BCUT2D eigenvalue weighted by atomic mass is 9.99. The highest BCUT2D eigenvalue weighted by molar-refractivity contribution is 5.16. The van der Waals surface area contributed by atoms with Crippen molar-refractivity contribution in [1.82, 2.24) is 10.2 Å². The van der Waals surface area contributed by atoms with Crippen LogP contribution < -0.4 is 5.32 Å². The van der Waals surface area contributed by atoms with Crippen molar-refractivity contribution in [2.45, 2.75) is 52.1 Å². The van der Waals surface area contributed by atoms with E-state index in [0.717, 1.165) is 24.9 Å². The first-order chi connectivity index (χ1) is 10.1. The van der Waals surface area contributed by atoms with E-state index in [4.69, 9.17) is 0 Å². The van der Waals surface area contributed by atoms with Gasteiger partial charge in [0.15, 0.2) is 0 Å². The van der Waals surface area contributed by atoms with Crippen LogP contribution in [0.3, 0.4) is 0 Å². The van der Waals surface area contributed by atoms with E-state index >= 15 is 0 Å². The maximum Gasteiger partial charge on any atom is 0.0236 e. The predicted octanol–water partition coefficient (Wildman–Crippen LogP) is 3.33. The fraction of sp³-hybridized carbons (Fsp3) is 0.684. The number of hydrogen-bond donors (Lipinski definition) is 1. The Balaban J connectivity index is 1.58. The zero-order valence-electron chi connectivity index (χ0n) is 13.8. The number of hydrogen-bond acceptors (Lipinski definition) is 2. The fourth-order valence-corrected chi connectivity index (χ4v) is 3.76. The maximum atomic E-state index is 3.77. The monoisotopic (exact) mass is 286 g/mol. The van der Waals surface area contributed by atoms with E-state index in [1.807, 2.05) is 0 Å². The molecule has 0 amide bonds. The molecule has 3 atom stereocenters. The average molecular weight is 286 g/mol. The van der Waals surface area contributed by atoms with Crippen LogP contribution >= 0.6 is 0 Å². The van der Waals surface area contributed by atoms with E-state index in [1.165, 1.54) is 31.5 Å². The molecule has 2 aliphatic rings. The number of rotatable bonds is 5. The third-order valence-electron chi connectivity index (χ3n) is 5.58. The SMILES string of the molecule is CCC1CNC(Cc2ccccc2)CN1CC1CC1(C)C. The molecule has 1 saturated carbocycles. The van der Waals surface area contributed by atoms with Gasteiger partial charge in [-0.25, -0.2) is 0 Å². The van der Waals surface area contributed by atoms with E-state index < -0.39 is 0 Å². The minimum absolute atomic E-state index is 0.595. The van der Waals surface area contributed by atoms with Gasteiger partial charge in [0.25, 0.3) is 0 Å². The van der Waals surface area contributed by atoms with Crippen molar-refractivity contribution < 1.29 is 0 Å². The Morgan fingerprint density at radius 1 is 1.24 bits per heavy atom. The lowest BCUT2D eigenvalue weighted by molar-refractivity contribution is 0.116. The first-order valence-corrected chi connectivity index (χ1v) is 8.60. The van der Waals surface area contributed by atoms with Crippen molar-refractivity contribution in [3.05, 3.63) is 35.9 Å². The summed E-state index contributed by atoms with van der Waals surface area (Å²) in [7, 11) is 0. The minimum Gasteiger partial charge on any atom is -0.311 e. The summed E-state index contributed by atoms with van der Waals surface area (Å²) in [5, 5.41) is 3.77. The summed E-state index contributed by atoms with van der Waals surface area (Å²) >= 11 is 0. The van der Waals surface area contributed by atoms with Gasteiger partial charge in [0, 0.05) is 31.7 Å². The molecular formula is C19H30N2. The molecule has 3 unspecified atom stereocenters. The van der Waals surface area contributed by atoms with Crippen molar-refractivity contribution in [2.24, 2.45) is 11.3 Å². The Morgan fingerprint density at radius 2 is 1.95 bits per heavy atom. The van der Waals surface area contributed by atoms with Crippen molar-refractivity contribution in [2.75, 3.05) is 19.6 Å².